The molecule has 690 valence electrons. The van der Waals surface area contributed by atoms with E-state index in [9.17, 15) is 85.3 Å². The van der Waals surface area contributed by atoms with Gasteiger partial charge in [-0.1, -0.05) is 157 Å². The van der Waals surface area contributed by atoms with Crippen molar-refractivity contribution in [2.75, 3.05) is 26.4 Å². The first-order valence-electron chi connectivity index (χ1n) is 39.4. The van der Waals surface area contributed by atoms with Gasteiger partial charge in [-0.3, -0.25) is 24.0 Å². The van der Waals surface area contributed by atoms with Crippen LogP contribution in [0.25, 0.3) is 0 Å². The van der Waals surface area contributed by atoms with E-state index in [1.54, 1.807) is 66.9 Å². The van der Waals surface area contributed by atoms with Gasteiger partial charge in [-0.15, -0.1) is 24.0 Å². The molecule has 0 bridgehead atoms. The molecule has 7 aliphatic rings. The molecule has 16 N–H and O–H groups in total. The molecule has 0 amide bonds. The van der Waals surface area contributed by atoms with Crippen LogP contribution in [-0.2, 0) is 80.8 Å². The first kappa shape index (κ1) is 112. The summed E-state index contributed by atoms with van der Waals surface area (Å²) in [6.45, 7) is 17.3. The zero-order valence-corrected chi connectivity index (χ0v) is 82.6. The topological polar surface area (TPSA) is 520 Å². The molecule has 4 fully saturated rings. The summed E-state index contributed by atoms with van der Waals surface area (Å²) in [5, 5.41) is 156. The normalized spacial score (nSPS) is 32.8. The van der Waals surface area contributed by atoms with E-state index in [2.05, 4.69) is 107 Å². The second kappa shape index (κ2) is 56.6. The van der Waals surface area contributed by atoms with E-state index >= 15 is 0 Å². The van der Waals surface area contributed by atoms with Crippen molar-refractivity contribution in [3.05, 3.63) is 167 Å². The van der Waals surface area contributed by atoms with Crippen molar-refractivity contribution >= 4 is 153 Å². The number of ether oxygens (including phenoxy) is 12. The van der Waals surface area contributed by atoms with Crippen LogP contribution in [0.4, 0.5) is 0 Å². The maximum atomic E-state index is 11.5. The molecule has 7 heterocycles. The predicted octanol–water partition coefficient (Wildman–Crippen LogP) is 1.57. The van der Waals surface area contributed by atoms with Gasteiger partial charge in [0, 0.05) is 89.6 Å². The summed E-state index contributed by atoms with van der Waals surface area (Å²) in [6, 6.07) is 26.7. The van der Waals surface area contributed by atoms with Crippen molar-refractivity contribution in [3.63, 3.8) is 0 Å². The van der Waals surface area contributed by atoms with Gasteiger partial charge in [0.15, 0.2) is 6.10 Å². The Kier molecular flexibility index (Phi) is 51.6. The summed E-state index contributed by atoms with van der Waals surface area (Å²) < 4.78 is 66.2. The first-order valence-corrected chi connectivity index (χ1v) is 58.3. The van der Waals surface area contributed by atoms with Gasteiger partial charge in [-0.05, 0) is 75.7 Å². The smallest absolute Gasteiger partial charge is 0.423 e. The first-order chi connectivity index (χ1) is 57.9. The zero-order chi connectivity index (χ0) is 91.1. The number of benzene rings is 4. The van der Waals surface area contributed by atoms with Crippen LogP contribution in [0, 0.1) is 17.8 Å². The van der Waals surface area contributed by atoms with Gasteiger partial charge in [0.05, 0.1) is 37.8 Å². The second-order valence-electron chi connectivity index (χ2n) is 29.7. The summed E-state index contributed by atoms with van der Waals surface area (Å²) in [6.07, 6.45) is -9.16. The van der Waals surface area contributed by atoms with Crippen LogP contribution in [0.2, 0.25) is 0 Å². The van der Waals surface area contributed by atoms with Crippen LogP contribution >= 0.6 is 98.4 Å². The molecular formula is C82H115B2I6O33-. The average Bonchev–Trinajstić information content (AvgIpc) is 0.776. The molecule has 41 heteroatoms. The SMILES string of the molecule is CC[C@H]1OC=C[C@@H](OC(C)=O)[C@@H]1C.CC[C@H]1O[C@H](c2ccc([C@@H]3C=C[C@H](OC(C)=O)[C@@H](COC(C)=O)O3)cc2)C=C[C@@H]1C.CC[C@H]1O[C@H](c2ccc([C@H]3O[C@H](COC(C)=O)[C@@H](OC(C)=O)[C@H](O)[C@@H]3O)cc2)[C@@H](O)[C@@H](O)[C@@H]1C.I.II.I[I-]I.OB(O)c1ccc(B(O)O)cc1.OC[C@H]1O[C@H](c2ccc([C@H]3O[C@H](CO)[C@@H](O)[C@H](O)[C@@H]3O)cc2)[C@@H](O)[C@@H](O)[C@@H]1O. The second-order valence-corrected chi connectivity index (χ2v) is 46.0. The van der Waals surface area contributed by atoms with Crippen LogP contribution in [0.1, 0.15) is 165 Å². The summed E-state index contributed by atoms with van der Waals surface area (Å²) >= 11 is 9.54. The third kappa shape index (κ3) is 33.3. The maximum absolute atomic E-state index is 11.5. The minimum absolute atomic E-state index is 0. The maximum Gasteiger partial charge on any atom is 0.488 e. The van der Waals surface area contributed by atoms with Crippen LogP contribution < -0.4 is 24.2 Å². The van der Waals surface area contributed by atoms with Crippen LogP contribution in [0.5, 0.6) is 0 Å². The average molecular weight is 2410 g/mol. The minimum atomic E-state index is -1.52. The Morgan fingerprint density at radius 1 is 0.374 bits per heavy atom. The van der Waals surface area contributed by atoms with E-state index in [1.807, 2.05) is 51.1 Å². The van der Waals surface area contributed by atoms with Gasteiger partial charge in [0.25, 0.3) is 0 Å². The molecule has 33 nitrogen and oxygen atoms in total. The van der Waals surface area contributed by atoms with Crippen molar-refractivity contribution in [1.82, 2.24) is 0 Å². The molecule has 4 aromatic carbocycles. The summed E-state index contributed by atoms with van der Waals surface area (Å²) in [4.78, 5) is 56.1. The molecule has 0 aliphatic carbocycles. The zero-order valence-electron chi connectivity index (χ0n) is 69.4. The van der Waals surface area contributed by atoms with Crippen LogP contribution in [-0.4, -0.2) is 274 Å². The van der Waals surface area contributed by atoms with E-state index < -0.39 is 173 Å². The molecule has 0 aromatic heterocycles. The van der Waals surface area contributed by atoms with E-state index in [0.717, 1.165) is 30.9 Å². The van der Waals surface area contributed by atoms with Crippen molar-refractivity contribution in [1.29, 1.82) is 0 Å². The van der Waals surface area contributed by atoms with Crippen molar-refractivity contribution in [2.24, 2.45) is 17.8 Å². The number of carbonyl (C=O) groups is 5. The molecule has 123 heavy (non-hydrogen) atoms. The molecular weight excluding hydrogens is 2300 g/mol. The quantitative estimate of drug-likeness (QED) is 0.0196. The monoisotopic (exact) mass is 2410 g/mol. The molecule has 7 aliphatic heterocycles. The number of aliphatic hydroxyl groups is 12. The van der Waals surface area contributed by atoms with Gasteiger partial charge < -0.3 is 138 Å². The molecule has 4 saturated heterocycles. The number of rotatable bonds is 20. The molecule has 0 spiro atoms. The third-order valence-corrected chi connectivity index (χ3v) is 21.2. The van der Waals surface area contributed by atoms with Gasteiger partial charge in [-0.2, -0.15) is 0 Å². The van der Waals surface area contributed by atoms with Gasteiger partial charge in [0.2, 0.25) is 0 Å². The van der Waals surface area contributed by atoms with E-state index in [1.165, 1.54) is 52.0 Å². The molecule has 29 atom stereocenters. The Labute approximate surface area is 786 Å². The fourth-order valence-electron chi connectivity index (χ4n) is 14.4. The fourth-order valence-corrected chi connectivity index (χ4v) is 14.4. The van der Waals surface area contributed by atoms with Crippen LogP contribution in [0.3, 0.4) is 0 Å². The Balaban J connectivity index is 0.000000332. The predicted molar refractivity (Wildman–Crippen MR) is 487 cm³/mol. The Hall–Kier alpha value is -3.12. The summed E-state index contributed by atoms with van der Waals surface area (Å²) in [7, 11) is -3.04. The number of hydrogen-bond donors (Lipinski definition) is 16. The summed E-state index contributed by atoms with van der Waals surface area (Å²) in [5.41, 5.74) is 4.74. The molecule has 0 radical (unpaired) electrons. The Bertz CT molecular complexity index is 3780. The van der Waals surface area contributed by atoms with Gasteiger partial charge >= 0.3 is 94.6 Å². The van der Waals surface area contributed by atoms with Gasteiger partial charge in [-0.25, -0.2) is 0 Å². The van der Waals surface area contributed by atoms with Crippen molar-refractivity contribution in [3.8, 4) is 0 Å². The van der Waals surface area contributed by atoms with Crippen molar-refractivity contribution in [2.45, 2.75) is 254 Å². The van der Waals surface area contributed by atoms with E-state index in [0.29, 0.717) is 58.8 Å². The van der Waals surface area contributed by atoms with E-state index in [-0.39, 0.29) is 91.6 Å². The molecule has 4 aromatic rings. The number of hydrogen-bond acceptors (Lipinski definition) is 33. The Morgan fingerprint density at radius 3 is 1.07 bits per heavy atom. The van der Waals surface area contributed by atoms with E-state index in [4.69, 9.17) is 76.9 Å². The number of halogens is 6. The summed E-state index contributed by atoms with van der Waals surface area (Å²) in [5.74, 6) is -1.85. The fraction of sp³-hybridized carbons (Fsp3) is 0.573. The third-order valence-electron chi connectivity index (χ3n) is 21.2. The molecule has 11 rings (SSSR count). The number of carbonyl (C=O) groups excluding carboxylic acids is 5. The minimum Gasteiger partial charge on any atom is -0.423 e. The standard InChI is InChI=1S/C24H34O10.C24H30O6.C18H26O10.C10H16O3.C6H8B2O4.I3.I2.HI/c1-5-16-11(2)18(27)19(28)22(33-16)14-6-8-15(9-7-14)23-20(29)21(30)24(32-13(4)26)17(34-23)10-31-12(3)25;1-5-20-15(2)6-11-21(29-20)18-7-9-19(10-8-18)22-12-13-23(28-17(4)26)24(30-22)14-27-16(3)25;19-5-9-11(21)13(23)15(25)17(27-9)7-1-2-8(4-3-7)18-16(26)14(24)12(22)10(6-20)28-18;1-4-9-7(2)10(5-6-12-9)13-8(3)11;9-7(10)5-1-2-6(4-3-5)8(11)12;1-3-2;1-2;/h6-9,11,16-24,27-30H,5,10H2,1-4H3;6-13,15,20-24H,5,14H2,1-4H3;1-4,9-26H,5-6H2;5-7,9-10H,4H2,1-3H3;1-4,9-12H;;;1H/q;;;;;-1;;/t11-,16-,17-,18+,19+,20+,21-,22-,23-,24-;15-,20+,21-,22-,23-,24+;9-,10-,11-,12-,13+,14+,15+,16+,17-,18-;7-,9-,10-;;;;/m1011..../s1. The Morgan fingerprint density at radius 2 is 0.707 bits per heavy atom. The largest absolute Gasteiger partial charge is 0.488 e. The van der Waals surface area contributed by atoms with Gasteiger partial charge in [0.1, 0.15) is 148 Å². The van der Waals surface area contributed by atoms with Crippen LogP contribution in [0.15, 0.2) is 134 Å². The number of esters is 5. The molecule has 0 saturated carbocycles. The number of aliphatic hydroxyl groups excluding tert-OH is 12. The molecule has 0 unspecified atom stereocenters. The van der Waals surface area contributed by atoms with Crippen molar-refractivity contribution < 1.29 is 175 Å².